The first-order valence-corrected chi connectivity index (χ1v) is 9.99. The molecule has 1 N–H and O–H groups in total. The van der Waals surface area contributed by atoms with Gasteiger partial charge in [-0.3, -0.25) is 0 Å². The number of benzene rings is 3. The van der Waals surface area contributed by atoms with Crippen molar-refractivity contribution in [2.45, 2.75) is 0 Å². The molecule has 0 saturated heterocycles. The minimum absolute atomic E-state index is 0.0292. The molecule has 8 nitrogen and oxygen atoms in total. The largest absolute Gasteiger partial charge is 0.507 e. The maximum atomic E-state index is 11.8. The quantitative estimate of drug-likeness (QED) is 0.438. The van der Waals surface area contributed by atoms with Crippen LogP contribution in [0.15, 0.2) is 66.7 Å². The highest BCUT2D eigenvalue weighted by atomic mass is 16.5. The maximum absolute atomic E-state index is 11.8. The summed E-state index contributed by atoms with van der Waals surface area (Å²) in [6, 6.07) is 19.0. The Bertz CT molecular complexity index is 1310. The van der Waals surface area contributed by atoms with Gasteiger partial charge in [0.15, 0.2) is 17.5 Å². The molecule has 0 aliphatic rings. The molecule has 0 saturated carbocycles. The van der Waals surface area contributed by atoms with E-state index in [1.807, 2.05) is 24.3 Å². The number of esters is 1. The Hall–Kier alpha value is -4.46. The minimum atomic E-state index is -0.434. The van der Waals surface area contributed by atoms with Crippen LogP contribution >= 0.6 is 0 Å². The van der Waals surface area contributed by atoms with Crippen LogP contribution in [0.2, 0.25) is 0 Å². The Kier molecular flexibility index (Phi) is 6.17. The fourth-order valence-electron chi connectivity index (χ4n) is 3.28. The summed E-state index contributed by atoms with van der Waals surface area (Å²) in [5.41, 5.74) is 2.16. The standard InChI is InChI=1S/C25H21N3O5/c1-31-17-12-13-18(20(29)14-17)23-26-22(15-8-10-16(11-9-15)25(30)33-3)27-24(28-23)19-6-4-5-7-21(19)32-2/h4-14,29H,1-3H3. The molecule has 166 valence electrons. The topological polar surface area (TPSA) is 104 Å². The van der Waals surface area contributed by atoms with E-state index < -0.39 is 5.97 Å². The summed E-state index contributed by atoms with van der Waals surface area (Å²) >= 11 is 0. The zero-order valence-corrected chi connectivity index (χ0v) is 18.3. The van der Waals surface area contributed by atoms with Gasteiger partial charge in [0, 0.05) is 11.6 Å². The van der Waals surface area contributed by atoms with E-state index >= 15 is 0 Å². The zero-order chi connectivity index (χ0) is 23.4. The average molecular weight is 443 g/mol. The molecule has 0 radical (unpaired) electrons. The molecule has 4 rings (SSSR count). The molecule has 4 aromatic rings. The molecule has 0 aliphatic carbocycles. The second-order valence-corrected chi connectivity index (χ2v) is 6.96. The number of rotatable bonds is 6. The lowest BCUT2D eigenvalue weighted by Gasteiger charge is -2.12. The molecule has 0 spiro atoms. The lowest BCUT2D eigenvalue weighted by atomic mass is 10.1. The van der Waals surface area contributed by atoms with Crippen LogP contribution in [0.25, 0.3) is 34.2 Å². The van der Waals surface area contributed by atoms with Crippen molar-refractivity contribution in [3.05, 3.63) is 72.3 Å². The van der Waals surface area contributed by atoms with E-state index in [2.05, 4.69) is 15.0 Å². The van der Waals surface area contributed by atoms with E-state index in [0.29, 0.717) is 45.4 Å². The van der Waals surface area contributed by atoms with Crippen molar-refractivity contribution < 1.29 is 24.1 Å². The molecule has 0 amide bonds. The zero-order valence-electron chi connectivity index (χ0n) is 18.3. The van der Waals surface area contributed by atoms with Crippen LogP contribution in [-0.4, -0.2) is 47.4 Å². The summed E-state index contributed by atoms with van der Waals surface area (Å²) in [4.78, 5) is 25.6. The lowest BCUT2D eigenvalue weighted by Crippen LogP contribution is -2.03. The number of carbonyl (C=O) groups excluding carboxylic acids is 1. The average Bonchev–Trinajstić information content (AvgIpc) is 2.87. The number of hydrogen-bond donors (Lipinski definition) is 1. The minimum Gasteiger partial charge on any atom is -0.507 e. The predicted octanol–water partition coefficient (Wildman–Crippen LogP) is 4.38. The SMILES string of the molecule is COC(=O)c1ccc(-c2nc(-c3ccc(OC)cc3O)nc(-c3ccccc3OC)n2)cc1. The second kappa shape index (κ2) is 9.35. The van der Waals surface area contributed by atoms with Crippen LogP contribution in [0, 0.1) is 0 Å². The third-order valence-corrected chi connectivity index (χ3v) is 4.99. The Morgan fingerprint density at radius 2 is 1.42 bits per heavy atom. The lowest BCUT2D eigenvalue weighted by molar-refractivity contribution is 0.0600. The summed E-state index contributed by atoms with van der Waals surface area (Å²) in [5, 5.41) is 10.6. The van der Waals surface area contributed by atoms with Gasteiger partial charge in [0.25, 0.3) is 0 Å². The molecular formula is C25H21N3O5. The highest BCUT2D eigenvalue weighted by Gasteiger charge is 2.17. The monoisotopic (exact) mass is 443 g/mol. The van der Waals surface area contributed by atoms with Crippen molar-refractivity contribution in [1.82, 2.24) is 15.0 Å². The first-order valence-electron chi connectivity index (χ1n) is 9.99. The molecule has 0 aliphatic heterocycles. The van der Waals surface area contributed by atoms with Crippen LogP contribution in [0.3, 0.4) is 0 Å². The molecule has 1 aromatic heterocycles. The molecule has 0 atom stereocenters. The molecule has 8 heteroatoms. The molecule has 1 heterocycles. The number of hydrogen-bond acceptors (Lipinski definition) is 8. The van der Waals surface area contributed by atoms with Crippen molar-refractivity contribution in [3.8, 4) is 51.4 Å². The Labute approximate surface area is 190 Å². The summed E-state index contributed by atoms with van der Waals surface area (Å²) < 4.78 is 15.4. The Morgan fingerprint density at radius 3 is 2.06 bits per heavy atom. The first-order chi connectivity index (χ1) is 16.0. The number of phenolic OH excluding ortho intramolecular Hbond substituents is 1. The molecular weight excluding hydrogens is 422 g/mol. The van der Waals surface area contributed by atoms with E-state index in [4.69, 9.17) is 14.2 Å². The molecule has 0 bridgehead atoms. The first kappa shape index (κ1) is 21.8. The van der Waals surface area contributed by atoms with Gasteiger partial charge >= 0.3 is 5.97 Å². The highest BCUT2D eigenvalue weighted by Crippen LogP contribution is 2.34. The number of ether oxygens (including phenoxy) is 3. The van der Waals surface area contributed by atoms with E-state index in [-0.39, 0.29) is 11.6 Å². The summed E-state index contributed by atoms with van der Waals surface area (Å²) in [7, 11) is 4.42. The van der Waals surface area contributed by atoms with Crippen LogP contribution in [0.4, 0.5) is 0 Å². The smallest absolute Gasteiger partial charge is 0.337 e. The van der Waals surface area contributed by atoms with Gasteiger partial charge in [0.05, 0.1) is 38.0 Å². The summed E-state index contributed by atoms with van der Waals surface area (Å²) in [5.74, 6) is 1.66. The van der Waals surface area contributed by atoms with Gasteiger partial charge in [-0.15, -0.1) is 0 Å². The second-order valence-electron chi connectivity index (χ2n) is 6.96. The number of phenols is 1. The van der Waals surface area contributed by atoms with E-state index in [1.54, 1.807) is 43.5 Å². The summed E-state index contributed by atoms with van der Waals surface area (Å²) in [6.45, 7) is 0. The van der Waals surface area contributed by atoms with E-state index in [9.17, 15) is 9.90 Å². The van der Waals surface area contributed by atoms with Crippen LogP contribution in [0.1, 0.15) is 10.4 Å². The number of aromatic nitrogens is 3. The van der Waals surface area contributed by atoms with Gasteiger partial charge in [0.2, 0.25) is 0 Å². The van der Waals surface area contributed by atoms with E-state index in [1.165, 1.54) is 20.3 Å². The van der Waals surface area contributed by atoms with Gasteiger partial charge in [0.1, 0.15) is 17.2 Å². The molecule has 0 unspecified atom stereocenters. The third-order valence-electron chi connectivity index (χ3n) is 4.99. The van der Waals surface area contributed by atoms with Crippen LogP contribution in [0.5, 0.6) is 17.2 Å². The number of nitrogens with zero attached hydrogens (tertiary/aromatic N) is 3. The van der Waals surface area contributed by atoms with Crippen molar-refractivity contribution in [1.29, 1.82) is 0 Å². The fraction of sp³-hybridized carbons (Fsp3) is 0.120. The van der Waals surface area contributed by atoms with Gasteiger partial charge in [-0.2, -0.15) is 0 Å². The number of para-hydroxylation sites is 1. The number of aromatic hydroxyl groups is 1. The molecule has 33 heavy (non-hydrogen) atoms. The van der Waals surface area contributed by atoms with Gasteiger partial charge in [-0.1, -0.05) is 24.3 Å². The Morgan fingerprint density at radius 1 is 0.758 bits per heavy atom. The van der Waals surface area contributed by atoms with E-state index in [0.717, 1.165) is 0 Å². The van der Waals surface area contributed by atoms with Gasteiger partial charge < -0.3 is 19.3 Å². The van der Waals surface area contributed by atoms with Gasteiger partial charge in [-0.25, -0.2) is 19.7 Å². The van der Waals surface area contributed by atoms with Gasteiger partial charge in [-0.05, 0) is 36.4 Å². The van der Waals surface area contributed by atoms with Crippen LogP contribution in [-0.2, 0) is 4.74 Å². The highest BCUT2D eigenvalue weighted by molar-refractivity contribution is 5.89. The third kappa shape index (κ3) is 4.45. The van der Waals surface area contributed by atoms with Crippen molar-refractivity contribution in [2.24, 2.45) is 0 Å². The summed E-state index contributed by atoms with van der Waals surface area (Å²) in [6.07, 6.45) is 0. The van der Waals surface area contributed by atoms with Crippen LogP contribution < -0.4 is 9.47 Å². The number of carbonyl (C=O) groups is 1. The normalized spacial score (nSPS) is 10.5. The predicted molar refractivity (Wildman–Crippen MR) is 122 cm³/mol. The van der Waals surface area contributed by atoms with Crippen molar-refractivity contribution in [2.75, 3.05) is 21.3 Å². The molecule has 0 fully saturated rings. The maximum Gasteiger partial charge on any atom is 0.337 e. The van der Waals surface area contributed by atoms with Crippen molar-refractivity contribution in [3.63, 3.8) is 0 Å². The Balaban J connectivity index is 1.89. The molecule has 3 aromatic carbocycles. The fourth-order valence-corrected chi connectivity index (χ4v) is 3.28. The number of methoxy groups -OCH3 is 3. The van der Waals surface area contributed by atoms with Crippen molar-refractivity contribution >= 4 is 5.97 Å².